The van der Waals surface area contributed by atoms with Crippen LogP contribution < -0.4 is 9.64 Å². The summed E-state index contributed by atoms with van der Waals surface area (Å²) in [6.45, 7) is 2.26. The van der Waals surface area contributed by atoms with Crippen molar-refractivity contribution >= 4 is 23.4 Å². The van der Waals surface area contributed by atoms with Crippen LogP contribution in [0.15, 0.2) is 75.6 Å². The van der Waals surface area contributed by atoms with Crippen molar-refractivity contribution in [3.05, 3.63) is 88.8 Å². The van der Waals surface area contributed by atoms with Crippen LogP contribution >= 0.6 is 11.6 Å². The van der Waals surface area contributed by atoms with Gasteiger partial charge >= 0.3 is 0 Å². The second-order valence-corrected chi connectivity index (χ2v) is 8.37. The molecule has 0 atom stereocenters. The summed E-state index contributed by atoms with van der Waals surface area (Å²) >= 11 is 5.92. The third kappa shape index (κ3) is 5.00. The van der Waals surface area contributed by atoms with E-state index in [1.807, 2.05) is 35.2 Å². The molecule has 0 bridgehead atoms. The van der Waals surface area contributed by atoms with Gasteiger partial charge in [-0.05, 0) is 48.5 Å². The first-order valence-corrected chi connectivity index (χ1v) is 11.5. The van der Waals surface area contributed by atoms with Gasteiger partial charge in [0.05, 0.1) is 0 Å². The SMILES string of the molecule is N#Cc1nc(-c2ccc(COc3ccccc3)o2)oc1N1CCN(C(=O)c2ccc(Cl)cc2)CC1. The highest BCUT2D eigenvalue weighted by molar-refractivity contribution is 6.30. The predicted octanol–water partition coefficient (Wildman–Crippen LogP) is 5.00. The molecule has 1 saturated heterocycles. The van der Waals surface area contributed by atoms with E-state index in [2.05, 4.69) is 11.1 Å². The van der Waals surface area contributed by atoms with E-state index in [0.29, 0.717) is 54.2 Å². The molecule has 1 aliphatic heterocycles. The zero-order chi connectivity index (χ0) is 24.2. The number of halogens is 1. The Balaban J connectivity index is 1.24. The van der Waals surface area contributed by atoms with Crippen molar-refractivity contribution < 1.29 is 18.4 Å². The van der Waals surface area contributed by atoms with Crippen LogP contribution in [0.2, 0.25) is 5.02 Å². The molecule has 8 nitrogen and oxygen atoms in total. The smallest absolute Gasteiger partial charge is 0.266 e. The number of ether oxygens (including phenoxy) is 1. The van der Waals surface area contributed by atoms with Gasteiger partial charge in [-0.1, -0.05) is 29.8 Å². The molecule has 0 unspecified atom stereocenters. The number of piperazine rings is 1. The van der Waals surface area contributed by atoms with Crippen molar-refractivity contribution in [2.24, 2.45) is 0 Å². The molecule has 9 heteroatoms. The number of furan rings is 1. The quantitative estimate of drug-likeness (QED) is 0.376. The molecule has 5 rings (SSSR count). The molecule has 35 heavy (non-hydrogen) atoms. The highest BCUT2D eigenvalue weighted by Gasteiger charge is 2.27. The molecule has 0 aliphatic carbocycles. The van der Waals surface area contributed by atoms with Crippen LogP contribution in [-0.4, -0.2) is 42.0 Å². The van der Waals surface area contributed by atoms with Gasteiger partial charge in [0, 0.05) is 36.8 Å². The maximum absolute atomic E-state index is 12.8. The maximum atomic E-state index is 12.8. The van der Waals surface area contributed by atoms with E-state index in [0.717, 1.165) is 5.75 Å². The number of nitriles is 1. The summed E-state index contributed by atoms with van der Waals surface area (Å²) in [5.41, 5.74) is 0.767. The Morgan fingerprint density at radius 2 is 1.74 bits per heavy atom. The number of aromatic nitrogens is 1. The van der Waals surface area contributed by atoms with Gasteiger partial charge in [0.2, 0.25) is 11.6 Å². The minimum absolute atomic E-state index is 0.0547. The number of carbonyl (C=O) groups excluding carboxylic acids is 1. The van der Waals surface area contributed by atoms with Gasteiger partial charge < -0.3 is 23.4 Å². The first-order chi connectivity index (χ1) is 17.1. The fourth-order valence-corrected chi connectivity index (χ4v) is 3.96. The van der Waals surface area contributed by atoms with Gasteiger partial charge in [-0.25, -0.2) is 0 Å². The van der Waals surface area contributed by atoms with Crippen molar-refractivity contribution in [1.82, 2.24) is 9.88 Å². The Kier molecular flexibility index (Phi) is 6.42. The lowest BCUT2D eigenvalue weighted by atomic mass is 10.2. The highest BCUT2D eigenvalue weighted by atomic mass is 35.5. The highest BCUT2D eigenvalue weighted by Crippen LogP contribution is 2.30. The summed E-state index contributed by atoms with van der Waals surface area (Å²) < 4.78 is 17.5. The van der Waals surface area contributed by atoms with Crippen LogP contribution in [0.1, 0.15) is 21.8 Å². The van der Waals surface area contributed by atoms with E-state index in [4.69, 9.17) is 25.2 Å². The Morgan fingerprint density at radius 1 is 1.00 bits per heavy atom. The molecule has 0 saturated carbocycles. The Hall–Kier alpha value is -4.22. The average Bonchev–Trinajstić information content (AvgIpc) is 3.55. The summed E-state index contributed by atoms with van der Waals surface area (Å²) in [7, 11) is 0. The zero-order valence-corrected chi connectivity index (χ0v) is 19.4. The molecule has 1 fully saturated rings. The number of benzene rings is 2. The van der Waals surface area contributed by atoms with E-state index in [1.165, 1.54) is 0 Å². The molecular weight excluding hydrogens is 468 g/mol. The molecule has 2 aromatic carbocycles. The number of hydrogen-bond acceptors (Lipinski definition) is 7. The van der Waals surface area contributed by atoms with Gasteiger partial charge in [-0.2, -0.15) is 10.2 Å². The van der Waals surface area contributed by atoms with Gasteiger partial charge in [0.1, 0.15) is 24.2 Å². The van der Waals surface area contributed by atoms with E-state index in [9.17, 15) is 10.1 Å². The second kappa shape index (κ2) is 9.95. The van der Waals surface area contributed by atoms with Crippen molar-refractivity contribution in [2.45, 2.75) is 6.61 Å². The number of hydrogen-bond donors (Lipinski definition) is 0. The summed E-state index contributed by atoms with van der Waals surface area (Å²) in [4.78, 5) is 20.8. The van der Waals surface area contributed by atoms with Crippen LogP contribution in [0.25, 0.3) is 11.7 Å². The summed E-state index contributed by atoms with van der Waals surface area (Å²) in [6.07, 6.45) is 0. The van der Waals surface area contributed by atoms with Crippen LogP contribution in [0, 0.1) is 11.3 Å². The largest absolute Gasteiger partial charge is 0.486 e. The standard InChI is InChI=1S/C26H21ClN4O4/c27-19-8-6-18(7-9-19)25(32)30-12-14-31(15-13-30)26-22(16-28)29-24(35-26)23-11-10-21(34-23)17-33-20-4-2-1-3-5-20/h1-11H,12-15,17H2. The summed E-state index contributed by atoms with van der Waals surface area (Å²) in [5, 5.41) is 10.2. The molecule has 1 amide bonds. The lowest BCUT2D eigenvalue weighted by molar-refractivity contribution is 0.0745. The first-order valence-electron chi connectivity index (χ1n) is 11.1. The summed E-state index contributed by atoms with van der Waals surface area (Å²) in [5.74, 6) is 2.30. The minimum Gasteiger partial charge on any atom is -0.486 e. The number of anilines is 1. The lowest BCUT2D eigenvalue weighted by Crippen LogP contribution is -2.48. The number of amides is 1. The number of carbonyl (C=O) groups is 1. The minimum atomic E-state index is -0.0547. The lowest BCUT2D eigenvalue weighted by Gasteiger charge is -2.34. The van der Waals surface area contributed by atoms with Crippen LogP contribution in [0.3, 0.4) is 0 Å². The first kappa shape index (κ1) is 22.6. The third-order valence-electron chi connectivity index (χ3n) is 5.66. The zero-order valence-electron chi connectivity index (χ0n) is 18.7. The predicted molar refractivity (Wildman–Crippen MR) is 129 cm³/mol. The molecular formula is C26H21ClN4O4. The van der Waals surface area contributed by atoms with Crippen molar-refractivity contribution in [1.29, 1.82) is 5.26 Å². The molecule has 0 N–H and O–H groups in total. The topological polar surface area (TPSA) is 95.7 Å². The summed E-state index contributed by atoms with van der Waals surface area (Å²) in [6, 6.07) is 21.9. The Morgan fingerprint density at radius 3 is 2.46 bits per heavy atom. The molecule has 2 aromatic heterocycles. The van der Waals surface area contributed by atoms with Crippen LogP contribution in [0.5, 0.6) is 5.75 Å². The number of nitrogens with zero attached hydrogens (tertiary/aromatic N) is 4. The van der Waals surface area contributed by atoms with Crippen molar-refractivity contribution in [2.75, 3.05) is 31.1 Å². The van der Waals surface area contributed by atoms with Crippen LogP contribution in [0.4, 0.5) is 5.88 Å². The van der Waals surface area contributed by atoms with Gasteiger partial charge in [-0.15, -0.1) is 0 Å². The maximum Gasteiger partial charge on any atom is 0.266 e. The molecule has 176 valence electrons. The molecule has 3 heterocycles. The monoisotopic (exact) mass is 488 g/mol. The number of para-hydroxylation sites is 1. The Labute approximate surface area is 206 Å². The van der Waals surface area contributed by atoms with E-state index in [1.54, 1.807) is 41.3 Å². The second-order valence-electron chi connectivity index (χ2n) is 7.94. The molecule has 0 radical (unpaired) electrons. The van der Waals surface area contributed by atoms with Gasteiger partial charge in [0.25, 0.3) is 11.8 Å². The Bertz CT molecular complexity index is 1350. The average molecular weight is 489 g/mol. The van der Waals surface area contributed by atoms with E-state index >= 15 is 0 Å². The molecule has 0 spiro atoms. The molecule has 1 aliphatic rings. The van der Waals surface area contributed by atoms with Crippen molar-refractivity contribution in [3.63, 3.8) is 0 Å². The number of rotatable bonds is 6. The normalized spacial score (nSPS) is 13.5. The molecule has 4 aromatic rings. The van der Waals surface area contributed by atoms with Crippen LogP contribution in [-0.2, 0) is 6.61 Å². The van der Waals surface area contributed by atoms with Crippen molar-refractivity contribution in [3.8, 4) is 23.5 Å². The fourth-order valence-electron chi connectivity index (χ4n) is 3.83. The van der Waals surface area contributed by atoms with E-state index < -0.39 is 0 Å². The van der Waals surface area contributed by atoms with E-state index in [-0.39, 0.29) is 24.1 Å². The third-order valence-corrected chi connectivity index (χ3v) is 5.91. The fraction of sp³-hybridized carbons (Fsp3) is 0.192. The van der Waals surface area contributed by atoms with Gasteiger partial charge in [0.15, 0.2) is 5.76 Å². The van der Waals surface area contributed by atoms with Gasteiger partial charge in [-0.3, -0.25) is 4.79 Å². The number of oxazole rings is 1.